The Kier molecular flexibility index (Phi) is 16.4. The number of ketones is 1. The minimum absolute atomic E-state index is 0.0324. The average Bonchev–Trinajstić information content (AvgIpc) is 2.51. The van der Waals surface area contributed by atoms with Gasteiger partial charge in [0, 0.05) is 0 Å². The number of carbonyl (C=O) groups is 1. The number of benzene rings is 1. The quantitative estimate of drug-likeness (QED) is 0.755. The molecule has 0 saturated carbocycles. The van der Waals surface area contributed by atoms with E-state index >= 15 is 0 Å². The van der Waals surface area contributed by atoms with Crippen molar-refractivity contribution in [1.82, 2.24) is 0 Å². The molecule has 0 aliphatic rings. The highest BCUT2D eigenvalue weighted by atomic mass is 19.1. The van der Waals surface area contributed by atoms with Gasteiger partial charge in [-0.3, -0.25) is 4.79 Å². The van der Waals surface area contributed by atoms with Crippen molar-refractivity contribution in [3.8, 4) is 0 Å². The van der Waals surface area contributed by atoms with Gasteiger partial charge < -0.3 is 5.73 Å². The van der Waals surface area contributed by atoms with E-state index in [-0.39, 0.29) is 18.1 Å². The molecule has 0 fully saturated rings. The van der Waals surface area contributed by atoms with Gasteiger partial charge in [0.2, 0.25) is 0 Å². The van der Waals surface area contributed by atoms with Gasteiger partial charge in [-0.25, -0.2) is 4.39 Å². The molecule has 0 unspecified atom stereocenters. The van der Waals surface area contributed by atoms with Crippen molar-refractivity contribution >= 4 is 5.78 Å². The zero-order valence-corrected chi connectivity index (χ0v) is 15.9. The molecule has 0 heterocycles. The maximum absolute atomic E-state index is 12.8. The first kappa shape index (κ1) is 24.0. The van der Waals surface area contributed by atoms with Gasteiger partial charge in [-0.1, -0.05) is 71.1 Å². The predicted octanol–water partition coefficient (Wildman–Crippen LogP) is 5.45. The number of aryl methyl sites for hydroxylation is 2. The minimum atomic E-state index is -0.0897. The highest BCUT2D eigenvalue weighted by Gasteiger charge is 1.97. The Morgan fingerprint density at radius 2 is 1.65 bits per heavy atom. The van der Waals surface area contributed by atoms with Crippen LogP contribution in [0.4, 0.5) is 4.39 Å². The lowest BCUT2D eigenvalue weighted by Gasteiger charge is -2.05. The molecule has 0 amide bonds. The Labute approximate surface area is 142 Å². The molecule has 0 aliphatic heterocycles. The Morgan fingerprint density at radius 3 is 1.96 bits per heavy atom. The number of Topliss-reactive ketones (excluding diaryl/α,β-unsaturated/α-hetero) is 1. The SMILES string of the molecule is CC(=O)CN.CCCC(C)CCC.CCc1cc(C)ccc1F. The highest BCUT2D eigenvalue weighted by Crippen LogP contribution is 2.11. The summed E-state index contributed by atoms with van der Waals surface area (Å²) in [7, 11) is 0. The van der Waals surface area contributed by atoms with Crippen molar-refractivity contribution in [3.05, 3.63) is 35.1 Å². The van der Waals surface area contributed by atoms with E-state index in [0.29, 0.717) is 0 Å². The maximum Gasteiger partial charge on any atom is 0.143 e. The number of rotatable bonds is 6. The predicted molar refractivity (Wildman–Crippen MR) is 99.2 cm³/mol. The van der Waals surface area contributed by atoms with Gasteiger partial charge in [0.05, 0.1) is 6.54 Å². The van der Waals surface area contributed by atoms with Crippen molar-refractivity contribution in [2.24, 2.45) is 11.7 Å². The van der Waals surface area contributed by atoms with Crippen LogP contribution in [0.25, 0.3) is 0 Å². The lowest BCUT2D eigenvalue weighted by Crippen LogP contribution is -2.07. The molecule has 3 heteroatoms. The number of hydrogen-bond donors (Lipinski definition) is 1. The molecule has 0 spiro atoms. The lowest BCUT2D eigenvalue weighted by atomic mass is 10.0. The van der Waals surface area contributed by atoms with Crippen LogP contribution in [0.1, 0.15) is 71.4 Å². The van der Waals surface area contributed by atoms with E-state index in [9.17, 15) is 9.18 Å². The molecule has 2 N–H and O–H groups in total. The lowest BCUT2D eigenvalue weighted by molar-refractivity contribution is -0.115. The van der Waals surface area contributed by atoms with Gasteiger partial charge in [-0.2, -0.15) is 0 Å². The molecule has 0 radical (unpaired) electrons. The molecule has 0 saturated heterocycles. The first-order valence-corrected chi connectivity index (χ1v) is 8.76. The molecule has 0 aliphatic carbocycles. The van der Waals surface area contributed by atoms with E-state index in [1.54, 1.807) is 6.07 Å². The minimum Gasteiger partial charge on any atom is -0.324 e. The normalized spacial score (nSPS) is 9.61. The third-order valence-electron chi connectivity index (χ3n) is 3.43. The Bertz CT molecular complexity index is 412. The summed E-state index contributed by atoms with van der Waals surface area (Å²) in [6.07, 6.45) is 6.29. The molecule has 1 aromatic rings. The van der Waals surface area contributed by atoms with E-state index in [1.807, 2.05) is 19.9 Å². The van der Waals surface area contributed by atoms with Gasteiger partial charge in [0.1, 0.15) is 11.6 Å². The van der Waals surface area contributed by atoms with Gasteiger partial charge in [0.25, 0.3) is 0 Å². The van der Waals surface area contributed by atoms with Crippen LogP contribution in [0.3, 0.4) is 0 Å². The van der Waals surface area contributed by atoms with Crippen molar-refractivity contribution in [2.45, 2.75) is 73.6 Å². The second kappa shape index (κ2) is 15.7. The molecule has 1 aromatic carbocycles. The van der Waals surface area contributed by atoms with Crippen LogP contribution in [-0.4, -0.2) is 12.3 Å². The third kappa shape index (κ3) is 15.4. The summed E-state index contributed by atoms with van der Waals surface area (Å²) in [4.78, 5) is 9.69. The van der Waals surface area contributed by atoms with Gasteiger partial charge in [-0.15, -0.1) is 0 Å². The Morgan fingerprint density at radius 1 is 1.17 bits per heavy atom. The fourth-order valence-corrected chi connectivity index (χ4v) is 2.10. The van der Waals surface area contributed by atoms with E-state index in [1.165, 1.54) is 38.7 Å². The first-order valence-electron chi connectivity index (χ1n) is 8.76. The Hall–Kier alpha value is -1.22. The van der Waals surface area contributed by atoms with Crippen molar-refractivity contribution in [3.63, 3.8) is 0 Å². The molecule has 0 atom stereocenters. The Balaban J connectivity index is 0. The molecule has 0 aromatic heterocycles. The molecule has 134 valence electrons. The summed E-state index contributed by atoms with van der Waals surface area (Å²) < 4.78 is 12.8. The van der Waals surface area contributed by atoms with Crippen LogP contribution < -0.4 is 5.73 Å². The number of carbonyl (C=O) groups excluding carboxylic acids is 1. The topological polar surface area (TPSA) is 43.1 Å². The smallest absolute Gasteiger partial charge is 0.143 e. The number of halogens is 1. The molecule has 23 heavy (non-hydrogen) atoms. The summed E-state index contributed by atoms with van der Waals surface area (Å²) in [5.74, 6) is 0.906. The van der Waals surface area contributed by atoms with Gasteiger partial charge in [0.15, 0.2) is 0 Å². The van der Waals surface area contributed by atoms with Crippen LogP contribution in [-0.2, 0) is 11.2 Å². The summed E-state index contributed by atoms with van der Waals surface area (Å²) in [5, 5.41) is 0. The molecular formula is C20H36FNO. The van der Waals surface area contributed by atoms with Crippen molar-refractivity contribution in [2.75, 3.05) is 6.54 Å². The third-order valence-corrected chi connectivity index (χ3v) is 3.43. The number of nitrogens with two attached hydrogens (primary N) is 1. The summed E-state index contributed by atoms with van der Waals surface area (Å²) in [5.41, 5.74) is 6.75. The first-order chi connectivity index (χ1) is 10.8. The van der Waals surface area contributed by atoms with Crippen molar-refractivity contribution < 1.29 is 9.18 Å². The monoisotopic (exact) mass is 325 g/mol. The second-order valence-corrected chi connectivity index (χ2v) is 6.04. The standard InChI is InChI=1S/C9H11F.C8H18.C3H7NO/c1-3-8-6-7(2)4-5-9(8)10;1-4-6-8(3)7-5-2;1-3(5)2-4/h4-6H,3H2,1-2H3;8H,4-7H2,1-3H3;2,4H2,1H3. The van der Waals surface area contributed by atoms with E-state index in [2.05, 4.69) is 20.8 Å². The fourth-order valence-electron chi connectivity index (χ4n) is 2.10. The largest absolute Gasteiger partial charge is 0.324 e. The van der Waals surface area contributed by atoms with Crippen LogP contribution in [0.2, 0.25) is 0 Å². The second-order valence-electron chi connectivity index (χ2n) is 6.04. The zero-order chi connectivity index (χ0) is 18.3. The van der Waals surface area contributed by atoms with Gasteiger partial charge in [-0.05, 0) is 37.8 Å². The van der Waals surface area contributed by atoms with Crippen LogP contribution in [0.5, 0.6) is 0 Å². The number of hydrogen-bond acceptors (Lipinski definition) is 2. The van der Waals surface area contributed by atoms with Crippen LogP contribution in [0, 0.1) is 18.7 Å². The molecule has 2 nitrogen and oxygen atoms in total. The van der Waals surface area contributed by atoms with E-state index < -0.39 is 0 Å². The summed E-state index contributed by atoms with van der Waals surface area (Å²) in [6, 6.07) is 5.19. The maximum atomic E-state index is 12.8. The van der Waals surface area contributed by atoms with Crippen LogP contribution in [0.15, 0.2) is 18.2 Å². The van der Waals surface area contributed by atoms with Crippen LogP contribution >= 0.6 is 0 Å². The van der Waals surface area contributed by atoms with E-state index in [4.69, 9.17) is 5.73 Å². The average molecular weight is 326 g/mol. The molecule has 1 rings (SSSR count). The van der Waals surface area contributed by atoms with E-state index in [0.717, 1.165) is 23.5 Å². The van der Waals surface area contributed by atoms with Gasteiger partial charge >= 0.3 is 0 Å². The fraction of sp³-hybridized carbons (Fsp3) is 0.650. The molecule has 0 bridgehead atoms. The summed E-state index contributed by atoms with van der Waals surface area (Å²) >= 11 is 0. The zero-order valence-electron chi connectivity index (χ0n) is 15.9. The molecular weight excluding hydrogens is 289 g/mol. The van der Waals surface area contributed by atoms with Crippen molar-refractivity contribution in [1.29, 1.82) is 0 Å². The summed E-state index contributed by atoms with van der Waals surface area (Å²) in [6.45, 7) is 12.4. The highest BCUT2D eigenvalue weighted by molar-refractivity contribution is 5.77.